The summed E-state index contributed by atoms with van der Waals surface area (Å²) in [5.74, 6) is 0. The molecule has 0 aliphatic rings. The number of hydrogen-bond donors (Lipinski definition) is 0. The minimum Gasteiger partial charge on any atom is -0.341 e. The van der Waals surface area contributed by atoms with E-state index in [4.69, 9.17) is 0 Å². The second-order valence-corrected chi connectivity index (χ2v) is 42.5. The lowest BCUT2D eigenvalue weighted by molar-refractivity contribution is 0.590. The highest BCUT2D eigenvalue weighted by Gasteiger charge is 2.28. The van der Waals surface area contributed by atoms with Crippen molar-refractivity contribution in [3.63, 3.8) is 0 Å². The molecule has 23 aromatic rings. The monoisotopic (exact) mass is 1800 g/mol. The predicted molar refractivity (Wildman–Crippen MR) is 606 cm³/mol. The van der Waals surface area contributed by atoms with Gasteiger partial charge in [-0.3, -0.25) is 0 Å². The van der Waals surface area contributed by atoms with E-state index in [9.17, 15) is 0 Å². The van der Waals surface area contributed by atoms with E-state index in [2.05, 4.69) is 543 Å². The van der Waals surface area contributed by atoms with E-state index in [-0.39, 0.29) is 21.7 Å². The fourth-order valence-electron chi connectivity index (χ4n) is 21.6. The van der Waals surface area contributed by atoms with E-state index in [1.54, 1.807) is 0 Å². The van der Waals surface area contributed by atoms with Crippen LogP contribution in [0.25, 0.3) is 231 Å². The van der Waals surface area contributed by atoms with Gasteiger partial charge in [-0.25, -0.2) is 0 Å². The first-order valence-corrected chi connectivity index (χ1v) is 50.0. The van der Waals surface area contributed by atoms with E-state index in [0.717, 1.165) is 13.1 Å². The van der Waals surface area contributed by atoms with Crippen LogP contribution in [-0.2, 0) is 34.7 Å². The maximum atomic E-state index is 2.47. The van der Waals surface area contributed by atoms with Gasteiger partial charge in [0.1, 0.15) is 0 Å². The van der Waals surface area contributed by atoms with E-state index in [0.29, 0.717) is 0 Å². The van der Waals surface area contributed by atoms with Gasteiger partial charge in [0.2, 0.25) is 0 Å². The molecule has 0 atom stereocenters. The highest BCUT2D eigenvalue weighted by molar-refractivity contribution is 6.24. The zero-order valence-corrected chi connectivity index (χ0v) is 82.9. The summed E-state index contributed by atoms with van der Waals surface area (Å²) in [6, 6.07) is 164. The van der Waals surface area contributed by atoms with Crippen molar-refractivity contribution in [2.24, 2.45) is 0 Å². The highest BCUT2D eigenvalue weighted by Crippen LogP contribution is 2.51. The van der Waals surface area contributed by atoms with Crippen LogP contribution in [0.4, 0.5) is 0 Å². The van der Waals surface area contributed by atoms with Crippen molar-refractivity contribution in [1.29, 1.82) is 0 Å². The van der Waals surface area contributed by atoms with Crippen LogP contribution < -0.4 is 0 Å². The zero-order valence-electron chi connectivity index (χ0n) is 82.9. The average Bonchev–Trinajstić information content (AvgIpc) is 1.10. The molecule has 2 aromatic heterocycles. The lowest BCUT2D eigenvalue weighted by Gasteiger charge is -2.25. The van der Waals surface area contributed by atoms with Crippen LogP contribution in [0.2, 0.25) is 0 Å². The van der Waals surface area contributed by atoms with Gasteiger partial charge < -0.3 is 9.13 Å². The van der Waals surface area contributed by atoms with Crippen molar-refractivity contribution in [2.75, 3.05) is 0 Å². The van der Waals surface area contributed by atoms with Gasteiger partial charge in [0.15, 0.2) is 0 Å². The molecular formula is C138H118N2. The lowest BCUT2D eigenvalue weighted by atomic mass is 9.79. The molecule has 2 heteroatoms. The maximum Gasteiger partial charge on any atom is 0.0491 e. The quantitative estimate of drug-likeness (QED) is 0.0906. The van der Waals surface area contributed by atoms with E-state index in [1.807, 2.05) is 0 Å². The van der Waals surface area contributed by atoms with Crippen LogP contribution in [0, 0.1) is 0 Å². The SMILES string of the molecule is CCn1c2ccc(-c3ccccc3)cc2c2cc(-c3ccc(-c4ccc(-c5c6ccc(C(C)(C)C)cc6c(-c6ccc(-c7ccc(-c8ccccc8)cc7)cc6)c6ccc(C(C)(C)C)cc56)cc4)cc3)ccc21.CCn1c2ccc(-c3ccccc3)cc2c2cc(-c3ccc(-c4ccc(-c5c6ccc(C(C)(C)C)cc6c(-c6ccc(-c7ccccc7)cc6)c6ccc(C(C)(C)C)cc56)cc4)cc3)ccc21. The molecule has 2 heterocycles. The second-order valence-electron chi connectivity index (χ2n) is 42.5. The normalized spacial score (nSPS) is 12.1. The molecule has 0 spiro atoms. The highest BCUT2D eigenvalue weighted by atomic mass is 15.0. The Balaban J connectivity index is 0.000000162. The van der Waals surface area contributed by atoms with Gasteiger partial charge in [0.05, 0.1) is 0 Å². The summed E-state index contributed by atoms with van der Waals surface area (Å²) in [4.78, 5) is 0. The predicted octanol–water partition coefficient (Wildman–Crippen LogP) is 39.1. The molecule has 0 saturated carbocycles. The van der Waals surface area contributed by atoms with Crippen LogP contribution in [0.3, 0.4) is 0 Å². The minimum absolute atomic E-state index is 0.000145. The van der Waals surface area contributed by atoms with Crippen molar-refractivity contribution in [3.8, 4) is 145 Å². The van der Waals surface area contributed by atoms with E-state index < -0.39 is 0 Å². The zero-order chi connectivity index (χ0) is 96.0. The van der Waals surface area contributed by atoms with Crippen molar-refractivity contribution >= 4 is 86.7 Å². The first-order valence-electron chi connectivity index (χ1n) is 50.0. The summed E-state index contributed by atoms with van der Waals surface area (Å²) in [5, 5.41) is 15.4. The average molecular weight is 1800 g/mol. The van der Waals surface area contributed by atoms with Crippen LogP contribution >= 0.6 is 0 Å². The number of aryl methyl sites for hydroxylation is 2. The molecule has 0 N–H and O–H groups in total. The Morgan fingerprint density at radius 1 is 0.136 bits per heavy atom. The largest absolute Gasteiger partial charge is 0.341 e. The molecule has 680 valence electrons. The third kappa shape index (κ3) is 16.9. The molecular weight excluding hydrogens is 1690 g/mol. The Hall–Kier alpha value is -15.7. The van der Waals surface area contributed by atoms with Crippen LogP contribution in [0.15, 0.2) is 437 Å². The van der Waals surface area contributed by atoms with Gasteiger partial charge in [-0.1, -0.05) is 447 Å². The van der Waals surface area contributed by atoms with Gasteiger partial charge >= 0.3 is 0 Å². The molecule has 0 saturated heterocycles. The number of benzene rings is 21. The van der Waals surface area contributed by atoms with Gasteiger partial charge in [0.25, 0.3) is 0 Å². The Labute approximate surface area is 825 Å². The van der Waals surface area contributed by atoms with Gasteiger partial charge in [-0.15, -0.1) is 0 Å². The van der Waals surface area contributed by atoms with E-state index in [1.165, 1.54) is 254 Å². The number of nitrogens with zero attached hydrogens (tertiary/aromatic N) is 2. The van der Waals surface area contributed by atoms with Gasteiger partial charge in [0, 0.05) is 56.7 Å². The number of rotatable bonds is 15. The Kier molecular flexibility index (Phi) is 23.0. The topological polar surface area (TPSA) is 9.86 Å². The molecule has 0 aliphatic carbocycles. The lowest BCUT2D eigenvalue weighted by Crippen LogP contribution is -2.11. The molecule has 140 heavy (non-hydrogen) atoms. The first-order chi connectivity index (χ1) is 67.8. The summed E-state index contributed by atoms with van der Waals surface area (Å²) >= 11 is 0. The summed E-state index contributed by atoms with van der Waals surface area (Å²) in [6.45, 7) is 34.2. The minimum atomic E-state index is -0.0174. The van der Waals surface area contributed by atoms with Crippen LogP contribution in [-0.4, -0.2) is 9.13 Å². The second kappa shape index (κ2) is 36.0. The third-order valence-corrected chi connectivity index (χ3v) is 29.5. The molecule has 0 aliphatic heterocycles. The Morgan fingerprint density at radius 2 is 0.286 bits per heavy atom. The fraction of sp³-hybridized carbons (Fsp3) is 0.145. The molecule has 23 rings (SSSR count). The molecule has 21 aromatic carbocycles. The third-order valence-electron chi connectivity index (χ3n) is 29.5. The smallest absolute Gasteiger partial charge is 0.0491 e. The van der Waals surface area contributed by atoms with Crippen LogP contribution in [0.1, 0.15) is 119 Å². The van der Waals surface area contributed by atoms with Gasteiger partial charge in [-0.2, -0.15) is 0 Å². The summed E-state index contributed by atoms with van der Waals surface area (Å²) in [6.07, 6.45) is 0. The number of aromatic nitrogens is 2. The standard InChI is InChI=1S/C72H61N.C66H57N/c1-8-73-67-41-35-57(48-17-13-10-14-18-48)43-63(67)64-44-58(36-42-68(64)73)54-25-23-51(24-26-54)53-29-33-56(34-30-53)70-62-40-38-59(71(2,3)4)45-65(62)69(61-39-37-60(46-66(61)70)72(5,6)7)55-31-27-52(28-32-55)50-21-19-49(20-22-50)47-15-11-9-12-16-47;1-8-67-61-37-31-51(44-17-13-10-14-18-44)39-57(61)58-40-52(32-38-62(58)67)48-21-19-46(20-22-48)47-25-29-50(30-26-47)64-56-36-34-53(65(2,3)4)41-59(56)63(55-35-33-54(42-60(55)64)66(5,6)7)49-27-23-45(24-28-49)43-15-11-9-12-16-43/h9-46H,8H2,1-7H3;9-42H,8H2,1-7H3. The Morgan fingerprint density at radius 3 is 0.457 bits per heavy atom. The first kappa shape index (κ1) is 89.5. The van der Waals surface area contributed by atoms with Gasteiger partial charge in [-0.05, 0) is 318 Å². The molecule has 0 fully saturated rings. The van der Waals surface area contributed by atoms with Crippen molar-refractivity contribution in [2.45, 2.75) is 132 Å². The van der Waals surface area contributed by atoms with E-state index >= 15 is 0 Å². The summed E-state index contributed by atoms with van der Waals surface area (Å²) in [7, 11) is 0. The Bertz CT molecular complexity index is 8630. The maximum absolute atomic E-state index is 2.47. The van der Waals surface area contributed by atoms with Crippen molar-refractivity contribution < 1.29 is 0 Å². The number of fused-ring (bicyclic) bond motifs is 10. The van der Waals surface area contributed by atoms with Crippen LogP contribution in [0.5, 0.6) is 0 Å². The molecule has 2 nitrogen and oxygen atoms in total. The van der Waals surface area contributed by atoms with Crippen molar-refractivity contribution in [1.82, 2.24) is 9.13 Å². The molecule has 0 bridgehead atoms. The molecule has 0 radical (unpaired) electrons. The fourth-order valence-corrected chi connectivity index (χ4v) is 21.6. The summed E-state index contributed by atoms with van der Waals surface area (Å²) in [5.41, 5.74) is 42.5. The summed E-state index contributed by atoms with van der Waals surface area (Å²) < 4.78 is 4.88. The molecule has 0 unspecified atom stereocenters. The molecule has 0 amide bonds. The number of hydrogen-bond acceptors (Lipinski definition) is 0. The van der Waals surface area contributed by atoms with Crippen molar-refractivity contribution in [3.05, 3.63) is 459 Å².